The van der Waals surface area contributed by atoms with Crippen molar-refractivity contribution in [3.8, 4) is 11.1 Å². The fourth-order valence-electron chi connectivity index (χ4n) is 3.37. The van der Waals surface area contributed by atoms with Gasteiger partial charge in [-0.25, -0.2) is 23.1 Å². The van der Waals surface area contributed by atoms with E-state index in [1.807, 2.05) is 20.0 Å². The third-order valence-electron chi connectivity index (χ3n) is 4.86. The van der Waals surface area contributed by atoms with Crippen LogP contribution >= 0.6 is 0 Å². The van der Waals surface area contributed by atoms with Crippen LogP contribution in [0.25, 0.3) is 16.6 Å². The maximum atomic E-state index is 13.7. The van der Waals surface area contributed by atoms with Crippen LogP contribution in [0.4, 0.5) is 30.8 Å². The third-order valence-corrected chi connectivity index (χ3v) is 4.86. The van der Waals surface area contributed by atoms with Crippen LogP contribution in [0.15, 0.2) is 55.0 Å². The van der Waals surface area contributed by atoms with Crippen molar-refractivity contribution in [2.24, 2.45) is 0 Å². The lowest BCUT2D eigenvalue weighted by atomic mass is 10.0. The number of fused-ring (bicyclic) bond motifs is 1. The number of nitrogens with one attached hydrogen (secondary N) is 2. The number of nitrogens with two attached hydrogens (primary N) is 1. The minimum Gasteiger partial charge on any atom is -0.382 e. The number of urea groups is 1. The zero-order valence-corrected chi connectivity index (χ0v) is 18.0. The molecule has 0 bridgehead atoms. The molecule has 2 aromatic carbocycles. The number of hydrogen-bond donors (Lipinski definition) is 3. The molecule has 0 aliphatic carbocycles. The molecule has 4 N–H and O–H groups in total. The number of hydrogen-bond acceptors (Lipinski definition) is 5. The van der Waals surface area contributed by atoms with Gasteiger partial charge in [0.15, 0.2) is 5.82 Å². The van der Waals surface area contributed by atoms with E-state index >= 15 is 0 Å². The monoisotopic (exact) mass is 452 g/mol. The Hall–Kier alpha value is -4.05. The molecule has 0 spiro atoms. The van der Waals surface area contributed by atoms with Gasteiger partial charge in [0.25, 0.3) is 0 Å². The van der Waals surface area contributed by atoms with Crippen LogP contribution in [-0.4, -0.2) is 26.7 Å². The predicted octanol–water partition coefficient (Wildman–Crippen LogP) is 4.83. The Kier molecular flexibility index (Phi) is 6.18. The summed E-state index contributed by atoms with van der Waals surface area (Å²) in [5.74, 6) is -1.07. The van der Waals surface area contributed by atoms with Gasteiger partial charge in [-0.1, -0.05) is 12.1 Å². The maximum absolute atomic E-state index is 13.7. The van der Waals surface area contributed by atoms with Crippen molar-refractivity contribution in [3.63, 3.8) is 0 Å². The number of nitrogens with zero attached hydrogens (tertiary/aromatic N) is 3. The van der Waals surface area contributed by atoms with E-state index in [4.69, 9.17) is 10.5 Å². The van der Waals surface area contributed by atoms with Crippen molar-refractivity contribution in [1.29, 1.82) is 0 Å². The molecule has 2 amide bonds. The van der Waals surface area contributed by atoms with Crippen LogP contribution in [-0.2, 0) is 11.3 Å². The third kappa shape index (κ3) is 4.90. The molecule has 10 heteroatoms. The molecule has 0 saturated carbocycles. The molecule has 0 atom stereocenters. The lowest BCUT2D eigenvalue weighted by molar-refractivity contribution is 0.0660. The largest absolute Gasteiger partial charge is 0.382 e. The van der Waals surface area contributed by atoms with Gasteiger partial charge in [-0.05, 0) is 43.7 Å². The minimum absolute atomic E-state index is 0.0392. The normalized spacial score (nSPS) is 11.2. The number of anilines is 3. The number of halogens is 2. The molecule has 0 radical (unpaired) electrons. The Bertz CT molecular complexity index is 1300. The maximum Gasteiger partial charge on any atom is 0.323 e. The number of nitrogen functional groups attached to an aromatic ring is 1. The van der Waals surface area contributed by atoms with E-state index in [-0.39, 0.29) is 11.8 Å². The fourth-order valence-corrected chi connectivity index (χ4v) is 3.37. The Balaban J connectivity index is 1.58. The van der Waals surface area contributed by atoms with Crippen molar-refractivity contribution < 1.29 is 18.3 Å². The van der Waals surface area contributed by atoms with Crippen LogP contribution < -0.4 is 16.4 Å². The van der Waals surface area contributed by atoms with E-state index in [0.29, 0.717) is 23.6 Å². The highest BCUT2D eigenvalue weighted by molar-refractivity contribution is 6.00. The van der Waals surface area contributed by atoms with Gasteiger partial charge in [-0.2, -0.15) is 5.10 Å². The number of amides is 2. The van der Waals surface area contributed by atoms with Gasteiger partial charge in [0.1, 0.15) is 23.5 Å². The molecular formula is C23H22F2N6O2. The summed E-state index contributed by atoms with van der Waals surface area (Å²) in [5, 5.41) is 9.12. The van der Waals surface area contributed by atoms with Crippen molar-refractivity contribution >= 4 is 28.7 Å². The Morgan fingerprint density at radius 1 is 1.15 bits per heavy atom. The first-order valence-electron chi connectivity index (χ1n) is 10.2. The average Bonchev–Trinajstić information content (AvgIpc) is 3.15. The topological polar surface area (TPSA) is 107 Å². The number of aromatic nitrogens is 3. The van der Waals surface area contributed by atoms with Crippen molar-refractivity contribution in [2.75, 3.05) is 16.4 Å². The zero-order valence-electron chi connectivity index (χ0n) is 18.0. The molecule has 0 saturated heterocycles. The van der Waals surface area contributed by atoms with Crippen LogP contribution in [0.2, 0.25) is 0 Å². The van der Waals surface area contributed by atoms with E-state index in [1.54, 1.807) is 28.8 Å². The van der Waals surface area contributed by atoms with Gasteiger partial charge < -0.3 is 21.1 Å². The quantitative estimate of drug-likeness (QED) is 0.389. The molecule has 0 unspecified atom stereocenters. The first-order valence-corrected chi connectivity index (χ1v) is 10.2. The summed E-state index contributed by atoms with van der Waals surface area (Å²) in [4.78, 5) is 16.3. The molecule has 2 heterocycles. The Morgan fingerprint density at radius 2 is 1.91 bits per heavy atom. The lowest BCUT2D eigenvalue weighted by Gasteiger charge is -2.11. The second kappa shape index (κ2) is 9.21. The van der Waals surface area contributed by atoms with Crippen molar-refractivity contribution in [2.45, 2.75) is 26.6 Å². The van der Waals surface area contributed by atoms with Gasteiger partial charge in [0, 0.05) is 29.1 Å². The smallest absolute Gasteiger partial charge is 0.323 e. The molecule has 4 aromatic rings. The summed E-state index contributed by atoms with van der Waals surface area (Å²) in [6.45, 7) is 4.26. The van der Waals surface area contributed by atoms with E-state index in [9.17, 15) is 13.6 Å². The molecule has 33 heavy (non-hydrogen) atoms. The van der Waals surface area contributed by atoms with Gasteiger partial charge in [-0.15, -0.1) is 0 Å². The Morgan fingerprint density at radius 3 is 2.64 bits per heavy atom. The summed E-state index contributed by atoms with van der Waals surface area (Å²) in [6.07, 6.45) is 3.27. The summed E-state index contributed by atoms with van der Waals surface area (Å²) in [5.41, 5.74) is 9.51. The summed E-state index contributed by atoms with van der Waals surface area (Å²) >= 11 is 0. The van der Waals surface area contributed by atoms with Crippen LogP contribution in [0.1, 0.15) is 19.4 Å². The Labute approximate surface area is 188 Å². The number of carbonyl (C=O) groups excluding carboxylic acids is 1. The van der Waals surface area contributed by atoms with Crippen LogP contribution in [0.5, 0.6) is 0 Å². The predicted molar refractivity (Wildman–Crippen MR) is 122 cm³/mol. The minimum atomic E-state index is -0.738. The number of rotatable bonds is 6. The number of benzene rings is 2. The fraction of sp³-hybridized carbons (Fsp3) is 0.174. The molecule has 4 rings (SSSR count). The number of ether oxygens (including phenoxy) is 1. The van der Waals surface area contributed by atoms with Crippen molar-refractivity contribution in [3.05, 3.63) is 72.2 Å². The molecule has 170 valence electrons. The van der Waals surface area contributed by atoms with E-state index in [2.05, 4.69) is 20.7 Å². The van der Waals surface area contributed by atoms with E-state index in [1.165, 1.54) is 6.33 Å². The first kappa shape index (κ1) is 22.2. The van der Waals surface area contributed by atoms with Gasteiger partial charge >= 0.3 is 6.03 Å². The first-order chi connectivity index (χ1) is 15.8. The van der Waals surface area contributed by atoms with Gasteiger partial charge in [-0.3, -0.25) is 0 Å². The van der Waals surface area contributed by atoms with Gasteiger partial charge in [0.05, 0.1) is 18.4 Å². The second-order valence-electron chi connectivity index (χ2n) is 7.61. The van der Waals surface area contributed by atoms with Crippen LogP contribution in [0.3, 0.4) is 0 Å². The average molecular weight is 452 g/mol. The standard InChI is InChI=1S/C23H22F2N6O2/c1-13(2)33-11-15-10-31-21(22(26)27-12-28-31)20(15)14-3-6-17(7-4-14)29-23(32)30-19-9-16(24)5-8-18(19)25/h3-10,12-13H,11H2,1-2H3,(H2,26,27,28)(H2,29,30,32). The molecular weight excluding hydrogens is 430 g/mol. The molecule has 0 aliphatic rings. The molecule has 0 fully saturated rings. The zero-order chi connectivity index (χ0) is 23.5. The summed E-state index contributed by atoms with van der Waals surface area (Å²) < 4.78 is 34.5. The van der Waals surface area contributed by atoms with Crippen molar-refractivity contribution in [1.82, 2.24) is 14.6 Å². The number of carbonyl (C=O) groups is 1. The van der Waals surface area contributed by atoms with E-state index in [0.717, 1.165) is 34.9 Å². The highest BCUT2D eigenvalue weighted by atomic mass is 19.1. The van der Waals surface area contributed by atoms with Crippen LogP contribution in [0, 0.1) is 11.6 Å². The SMILES string of the molecule is CC(C)OCc1cn2ncnc(N)c2c1-c1ccc(NC(=O)Nc2cc(F)ccc2F)cc1. The van der Waals surface area contributed by atoms with Gasteiger partial charge in [0.2, 0.25) is 0 Å². The molecule has 2 aromatic heterocycles. The second-order valence-corrected chi connectivity index (χ2v) is 7.61. The highest BCUT2D eigenvalue weighted by Gasteiger charge is 2.17. The van der Waals surface area contributed by atoms with E-state index < -0.39 is 17.7 Å². The summed E-state index contributed by atoms with van der Waals surface area (Å²) in [6, 6.07) is 9.10. The summed E-state index contributed by atoms with van der Waals surface area (Å²) in [7, 11) is 0. The molecule has 8 nitrogen and oxygen atoms in total. The molecule has 0 aliphatic heterocycles. The lowest BCUT2D eigenvalue weighted by Crippen LogP contribution is -2.20. The highest BCUT2D eigenvalue weighted by Crippen LogP contribution is 2.33.